The van der Waals surface area contributed by atoms with Crippen LogP contribution in [0.2, 0.25) is 0 Å². The number of pyridine rings is 2. The number of nitrogens with zero attached hydrogens (tertiary/aromatic N) is 6. The van der Waals surface area contributed by atoms with E-state index in [-0.39, 0.29) is 0 Å². The predicted octanol–water partition coefficient (Wildman–Crippen LogP) is 3.19. The van der Waals surface area contributed by atoms with Crippen LogP contribution in [0, 0.1) is 11.3 Å². The highest BCUT2D eigenvalue weighted by atomic mass is 15.2. The second kappa shape index (κ2) is 8.09. The fourth-order valence-corrected chi connectivity index (χ4v) is 4.18. The molecule has 1 aliphatic rings. The lowest BCUT2D eigenvalue weighted by atomic mass is 9.91. The second-order valence-electron chi connectivity index (χ2n) is 7.64. The number of fused-ring (bicyclic) bond motifs is 2. The van der Waals surface area contributed by atoms with Crippen molar-refractivity contribution < 1.29 is 0 Å². The van der Waals surface area contributed by atoms with Gasteiger partial charge in [0.1, 0.15) is 5.65 Å². The summed E-state index contributed by atoms with van der Waals surface area (Å²) in [7, 11) is 4.14. The summed E-state index contributed by atoms with van der Waals surface area (Å²) < 4.78 is 2.14. The molecule has 0 saturated heterocycles. The summed E-state index contributed by atoms with van der Waals surface area (Å²) in [6.45, 7) is 1.86. The van der Waals surface area contributed by atoms with Gasteiger partial charge in [0.15, 0.2) is 0 Å². The van der Waals surface area contributed by atoms with Gasteiger partial charge in [-0.1, -0.05) is 12.1 Å². The van der Waals surface area contributed by atoms with Crippen molar-refractivity contribution in [1.29, 1.82) is 5.26 Å². The van der Waals surface area contributed by atoms with Gasteiger partial charge in [-0.15, -0.1) is 0 Å². The molecule has 4 rings (SSSR count). The molecule has 0 amide bonds. The SMILES string of the molecule is CN(CC#N)Cc1c(CN(C)[C@H]2CCCc3cccnc32)nc2ccccn12. The van der Waals surface area contributed by atoms with E-state index in [1.165, 1.54) is 17.7 Å². The van der Waals surface area contributed by atoms with E-state index in [9.17, 15) is 0 Å². The predicted molar refractivity (Wildman–Crippen MR) is 109 cm³/mol. The number of aromatic nitrogens is 3. The van der Waals surface area contributed by atoms with Crippen molar-refractivity contribution in [2.75, 3.05) is 20.6 Å². The van der Waals surface area contributed by atoms with Crippen LogP contribution in [0.25, 0.3) is 5.65 Å². The van der Waals surface area contributed by atoms with Crippen LogP contribution in [0.15, 0.2) is 42.7 Å². The molecule has 3 aromatic heterocycles. The summed E-state index contributed by atoms with van der Waals surface area (Å²) in [6, 6.07) is 12.9. The molecule has 0 aliphatic heterocycles. The molecular weight excluding hydrogens is 348 g/mol. The highest BCUT2D eigenvalue weighted by Gasteiger charge is 2.26. The van der Waals surface area contributed by atoms with E-state index in [1.54, 1.807) is 0 Å². The van der Waals surface area contributed by atoms with Crippen molar-refractivity contribution in [2.45, 2.75) is 38.4 Å². The number of nitriles is 1. The van der Waals surface area contributed by atoms with Crippen LogP contribution in [0.4, 0.5) is 0 Å². The average Bonchev–Trinajstić information content (AvgIpc) is 3.04. The van der Waals surface area contributed by atoms with Crippen molar-refractivity contribution in [2.24, 2.45) is 0 Å². The van der Waals surface area contributed by atoms with Crippen LogP contribution < -0.4 is 0 Å². The first kappa shape index (κ1) is 18.6. The van der Waals surface area contributed by atoms with Crippen molar-refractivity contribution in [3.05, 3.63) is 65.4 Å². The average molecular weight is 374 g/mol. The molecule has 3 aromatic rings. The molecule has 0 unspecified atom stereocenters. The largest absolute Gasteiger partial charge is 0.302 e. The lowest BCUT2D eigenvalue weighted by molar-refractivity contribution is 0.205. The normalized spacial score (nSPS) is 16.5. The molecular formula is C22H26N6. The van der Waals surface area contributed by atoms with Gasteiger partial charge in [0.25, 0.3) is 0 Å². The minimum absolute atomic E-state index is 0.319. The molecule has 0 aromatic carbocycles. The fourth-order valence-electron chi connectivity index (χ4n) is 4.18. The summed E-state index contributed by atoms with van der Waals surface area (Å²) in [5.74, 6) is 0. The van der Waals surface area contributed by atoms with Crippen LogP contribution in [-0.2, 0) is 19.5 Å². The molecule has 0 N–H and O–H groups in total. The van der Waals surface area contributed by atoms with Crippen molar-refractivity contribution in [3.8, 4) is 6.07 Å². The zero-order valence-corrected chi connectivity index (χ0v) is 16.5. The third kappa shape index (κ3) is 3.64. The van der Waals surface area contributed by atoms with Gasteiger partial charge >= 0.3 is 0 Å². The minimum atomic E-state index is 0.319. The Hall–Kier alpha value is -2.75. The molecule has 0 fully saturated rings. The van der Waals surface area contributed by atoms with Crippen LogP contribution in [-0.4, -0.2) is 44.8 Å². The molecule has 1 aliphatic carbocycles. The maximum atomic E-state index is 9.03. The van der Waals surface area contributed by atoms with E-state index in [2.05, 4.69) is 39.7 Å². The monoisotopic (exact) mass is 374 g/mol. The standard InChI is InChI=1S/C22H26N6/c1-26(14-11-23)16-20-18(25-21-10-3-4-13-28(20)21)15-27(2)19-9-5-7-17-8-6-12-24-22(17)19/h3-4,6,8,10,12-13,19H,5,7,9,14-16H2,1-2H3/t19-/m0/s1. The number of hydrogen-bond donors (Lipinski definition) is 0. The van der Waals surface area contributed by atoms with Gasteiger partial charge in [-0.25, -0.2) is 4.98 Å². The Kier molecular flexibility index (Phi) is 5.38. The van der Waals surface area contributed by atoms with Crippen LogP contribution in [0.3, 0.4) is 0 Å². The first-order valence-corrected chi connectivity index (χ1v) is 9.81. The molecule has 28 heavy (non-hydrogen) atoms. The number of hydrogen-bond acceptors (Lipinski definition) is 5. The Morgan fingerprint density at radius 1 is 1.21 bits per heavy atom. The van der Waals surface area contributed by atoms with Crippen LogP contribution in [0.1, 0.15) is 41.5 Å². The van der Waals surface area contributed by atoms with Crippen molar-refractivity contribution in [1.82, 2.24) is 24.2 Å². The van der Waals surface area contributed by atoms with Gasteiger partial charge in [-0.3, -0.25) is 14.8 Å². The van der Waals surface area contributed by atoms with Crippen molar-refractivity contribution in [3.63, 3.8) is 0 Å². The Labute approximate surface area is 166 Å². The third-order valence-corrected chi connectivity index (χ3v) is 5.57. The Bertz CT molecular complexity index is 1000. The topological polar surface area (TPSA) is 60.5 Å². The summed E-state index contributed by atoms with van der Waals surface area (Å²) in [5.41, 5.74) is 5.75. The number of aryl methyl sites for hydroxylation is 1. The van der Waals surface area contributed by atoms with Gasteiger partial charge in [0.05, 0.1) is 35.7 Å². The quantitative estimate of drug-likeness (QED) is 0.620. The maximum absolute atomic E-state index is 9.03. The molecule has 6 heteroatoms. The van der Waals surface area contributed by atoms with Crippen molar-refractivity contribution >= 4 is 5.65 Å². The van der Waals surface area contributed by atoms with E-state index in [4.69, 9.17) is 10.2 Å². The molecule has 0 radical (unpaired) electrons. The van der Waals surface area contributed by atoms with E-state index < -0.39 is 0 Å². The van der Waals surface area contributed by atoms with Gasteiger partial charge in [0.2, 0.25) is 0 Å². The lowest BCUT2D eigenvalue weighted by Crippen LogP contribution is -2.29. The first-order valence-electron chi connectivity index (χ1n) is 9.81. The van der Waals surface area contributed by atoms with Crippen LogP contribution >= 0.6 is 0 Å². The molecule has 6 nitrogen and oxygen atoms in total. The third-order valence-electron chi connectivity index (χ3n) is 5.57. The molecule has 0 saturated carbocycles. The number of rotatable bonds is 6. The second-order valence-corrected chi connectivity index (χ2v) is 7.64. The minimum Gasteiger partial charge on any atom is -0.302 e. The summed E-state index contributed by atoms with van der Waals surface area (Å²) in [4.78, 5) is 14.0. The van der Waals surface area contributed by atoms with Gasteiger partial charge in [-0.05, 0) is 57.1 Å². The van der Waals surface area contributed by atoms with Crippen LogP contribution in [0.5, 0.6) is 0 Å². The van der Waals surface area contributed by atoms with E-state index in [0.717, 1.165) is 36.4 Å². The molecule has 3 heterocycles. The van der Waals surface area contributed by atoms with E-state index in [0.29, 0.717) is 19.1 Å². The highest BCUT2D eigenvalue weighted by Crippen LogP contribution is 2.33. The summed E-state index contributed by atoms with van der Waals surface area (Å²) >= 11 is 0. The zero-order valence-electron chi connectivity index (χ0n) is 16.5. The molecule has 0 bridgehead atoms. The van der Waals surface area contributed by atoms with Gasteiger partial charge in [0, 0.05) is 25.5 Å². The van der Waals surface area contributed by atoms with Gasteiger partial charge < -0.3 is 4.40 Å². The number of imidazole rings is 1. The maximum Gasteiger partial charge on any atom is 0.137 e. The molecule has 0 spiro atoms. The first-order chi connectivity index (χ1) is 13.7. The summed E-state index contributed by atoms with van der Waals surface area (Å²) in [6.07, 6.45) is 7.39. The zero-order chi connectivity index (χ0) is 19.5. The Morgan fingerprint density at radius 3 is 2.96 bits per heavy atom. The molecule has 1 atom stereocenters. The Morgan fingerprint density at radius 2 is 2.11 bits per heavy atom. The van der Waals surface area contributed by atoms with E-state index >= 15 is 0 Å². The smallest absolute Gasteiger partial charge is 0.137 e. The fraction of sp³-hybridized carbons (Fsp3) is 0.409. The summed E-state index contributed by atoms with van der Waals surface area (Å²) in [5, 5.41) is 9.03. The highest BCUT2D eigenvalue weighted by molar-refractivity contribution is 5.43. The van der Waals surface area contributed by atoms with Gasteiger partial charge in [-0.2, -0.15) is 5.26 Å². The molecule has 144 valence electrons. The lowest BCUT2D eigenvalue weighted by Gasteiger charge is -2.32. The van der Waals surface area contributed by atoms with E-state index in [1.807, 2.05) is 42.4 Å². The Balaban J connectivity index is 1.63.